The van der Waals surface area contributed by atoms with Crippen LogP contribution in [0.15, 0.2) is 48.5 Å². The van der Waals surface area contributed by atoms with E-state index in [4.69, 9.17) is 0 Å². The zero-order valence-corrected chi connectivity index (χ0v) is 14.1. The SMILES string of the molecule is Cc1ccc(NC(=O)NCCCc2ccc(N(C)C)cc2)cc1. The average Bonchev–Trinajstić information content (AvgIpc) is 2.54. The van der Waals surface area contributed by atoms with Crippen LogP contribution in [0.25, 0.3) is 0 Å². The second-order valence-corrected chi connectivity index (χ2v) is 5.91. The highest BCUT2D eigenvalue weighted by atomic mass is 16.2. The van der Waals surface area contributed by atoms with Crippen LogP contribution in [0.5, 0.6) is 0 Å². The van der Waals surface area contributed by atoms with E-state index < -0.39 is 0 Å². The maximum absolute atomic E-state index is 11.8. The summed E-state index contributed by atoms with van der Waals surface area (Å²) in [5, 5.41) is 5.72. The average molecular weight is 311 g/mol. The lowest BCUT2D eigenvalue weighted by Crippen LogP contribution is -2.29. The summed E-state index contributed by atoms with van der Waals surface area (Å²) >= 11 is 0. The molecule has 0 aliphatic carbocycles. The van der Waals surface area contributed by atoms with E-state index >= 15 is 0 Å². The van der Waals surface area contributed by atoms with E-state index in [1.165, 1.54) is 16.8 Å². The largest absolute Gasteiger partial charge is 0.378 e. The summed E-state index contributed by atoms with van der Waals surface area (Å²) in [7, 11) is 4.07. The molecule has 2 amide bonds. The van der Waals surface area contributed by atoms with Crippen molar-refractivity contribution in [2.45, 2.75) is 19.8 Å². The van der Waals surface area contributed by atoms with E-state index in [9.17, 15) is 4.79 Å². The third kappa shape index (κ3) is 5.66. The second-order valence-electron chi connectivity index (χ2n) is 5.91. The summed E-state index contributed by atoms with van der Waals surface area (Å²) in [6.07, 6.45) is 1.88. The fourth-order valence-corrected chi connectivity index (χ4v) is 2.27. The van der Waals surface area contributed by atoms with Gasteiger partial charge < -0.3 is 15.5 Å². The molecule has 0 aromatic heterocycles. The first-order valence-corrected chi connectivity index (χ1v) is 7.92. The molecule has 0 fully saturated rings. The Kier molecular flexibility index (Phi) is 6.03. The first-order chi connectivity index (χ1) is 11.0. The molecule has 2 aromatic carbocycles. The van der Waals surface area contributed by atoms with Crippen LogP contribution in [0.4, 0.5) is 16.2 Å². The predicted octanol–water partition coefficient (Wildman–Crippen LogP) is 3.82. The van der Waals surface area contributed by atoms with Crippen molar-refractivity contribution in [1.29, 1.82) is 0 Å². The number of carbonyl (C=O) groups excluding carboxylic acids is 1. The fourth-order valence-electron chi connectivity index (χ4n) is 2.27. The van der Waals surface area contributed by atoms with Gasteiger partial charge in [0.05, 0.1) is 0 Å². The van der Waals surface area contributed by atoms with Crippen LogP contribution in [-0.2, 0) is 6.42 Å². The van der Waals surface area contributed by atoms with Crippen LogP contribution in [0.2, 0.25) is 0 Å². The van der Waals surface area contributed by atoms with Crippen molar-refractivity contribution in [3.8, 4) is 0 Å². The molecule has 0 aliphatic rings. The van der Waals surface area contributed by atoms with Gasteiger partial charge in [-0.2, -0.15) is 0 Å². The number of nitrogens with zero attached hydrogens (tertiary/aromatic N) is 1. The Balaban J connectivity index is 1.68. The zero-order chi connectivity index (χ0) is 16.7. The molecule has 0 atom stereocenters. The first-order valence-electron chi connectivity index (χ1n) is 7.92. The van der Waals surface area contributed by atoms with Gasteiger partial charge in [-0.3, -0.25) is 0 Å². The minimum atomic E-state index is -0.156. The molecule has 0 unspecified atom stereocenters. The summed E-state index contributed by atoms with van der Waals surface area (Å²) in [5.41, 5.74) is 4.48. The summed E-state index contributed by atoms with van der Waals surface area (Å²) < 4.78 is 0. The minimum absolute atomic E-state index is 0.156. The fraction of sp³-hybridized carbons (Fsp3) is 0.316. The molecule has 0 spiro atoms. The van der Waals surface area contributed by atoms with Crippen LogP contribution in [0.3, 0.4) is 0 Å². The number of urea groups is 1. The van der Waals surface area contributed by atoms with Crippen molar-refractivity contribution < 1.29 is 4.79 Å². The van der Waals surface area contributed by atoms with Crippen molar-refractivity contribution >= 4 is 17.4 Å². The number of anilines is 2. The topological polar surface area (TPSA) is 44.4 Å². The van der Waals surface area contributed by atoms with Crippen LogP contribution in [0, 0.1) is 6.92 Å². The van der Waals surface area contributed by atoms with Gasteiger partial charge in [0.15, 0.2) is 0 Å². The standard InChI is InChI=1S/C19H25N3O/c1-15-6-10-17(11-7-15)21-19(23)20-14-4-5-16-8-12-18(13-9-16)22(2)3/h6-13H,4-5,14H2,1-3H3,(H2,20,21,23). The van der Waals surface area contributed by atoms with Gasteiger partial charge in [-0.15, -0.1) is 0 Å². The Bertz CT molecular complexity index is 618. The third-order valence-electron chi connectivity index (χ3n) is 3.69. The molecule has 4 nitrogen and oxygen atoms in total. The summed E-state index contributed by atoms with van der Waals surface area (Å²) in [5.74, 6) is 0. The monoisotopic (exact) mass is 311 g/mol. The van der Waals surface area contributed by atoms with Crippen LogP contribution >= 0.6 is 0 Å². The van der Waals surface area contributed by atoms with E-state index in [0.29, 0.717) is 6.54 Å². The maximum atomic E-state index is 11.8. The van der Waals surface area contributed by atoms with Gasteiger partial charge in [0, 0.05) is 32.0 Å². The third-order valence-corrected chi connectivity index (χ3v) is 3.69. The quantitative estimate of drug-likeness (QED) is 0.797. The van der Waals surface area contributed by atoms with Crippen LogP contribution < -0.4 is 15.5 Å². The Hall–Kier alpha value is -2.49. The van der Waals surface area contributed by atoms with E-state index in [1.807, 2.05) is 45.3 Å². The Labute approximate surface area is 138 Å². The van der Waals surface area contributed by atoms with E-state index in [1.54, 1.807) is 0 Å². The number of hydrogen-bond acceptors (Lipinski definition) is 2. The van der Waals surface area contributed by atoms with E-state index in [2.05, 4.69) is 39.8 Å². The predicted molar refractivity (Wildman–Crippen MR) is 97.3 cm³/mol. The number of aryl methyl sites for hydroxylation is 2. The first kappa shape index (κ1) is 16.9. The number of rotatable bonds is 6. The molecule has 0 bridgehead atoms. The molecule has 0 saturated carbocycles. The number of benzene rings is 2. The summed E-state index contributed by atoms with van der Waals surface area (Å²) in [6, 6.07) is 16.1. The van der Waals surface area contributed by atoms with Gasteiger partial charge in [-0.25, -0.2) is 4.79 Å². The normalized spacial score (nSPS) is 10.2. The molecular weight excluding hydrogens is 286 g/mol. The van der Waals surface area contributed by atoms with Gasteiger partial charge in [-0.05, 0) is 49.6 Å². The van der Waals surface area contributed by atoms with Gasteiger partial charge in [-0.1, -0.05) is 29.8 Å². The molecule has 2 aromatic rings. The molecule has 0 heterocycles. The highest BCUT2D eigenvalue weighted by Crippen LogP contribution is 2.13. The lowest BCUT2D eigenvalue weighted by molar-refractivity contribution is 0.252. The highest BCUT2D eigenvalue weighted by Gasteiger charge is 2.01. The van der Waals surface area contributed by atoms with Gasteiger partial charge in [0.25, 0.3) is 0 Å². The summed E-state index contributed by atoms with van der Waals surface area (Å²) in [6.45, 7) is 2.68. The highest BCUT2D eigenvalue weighted by molar-refractivity contribution is 5.89. The minimum Gasteiger partial charge on any atom is -0.378 e. The van der Waals surface area contributed by atoms with Crippen molar-refractivity contribution in [1.82, 2.24) is 5.32 Å². The Morgan fingerprint density at radius 1 is 1.00 bits per heavy atom. The zero-order valence-electron chi connectivity index (χ0n) is 14.1. The van der Waals surface area contributed by atoms with Crippen molar-refractivity contribution in [3.63, 3.8) is 0 Å². The number of nitrogens with one attached hydrogen (secondary N) is 2. The molecule has 0 aliphatic heterocycles. The molecule has 122 valence electrons. The molecule has 2 N–H and O–H groups in total. The van der Waals surface area contributed by atoms with E-state index in [-0.39, 0.29) is 6.03 Å². The van der Waals surface area contributed by atoms with Crippen molar-refractivity contribution in [2.75, 3.05) is 30.9 Å². The van der Waals surface area contributed by atoms with Gasteiger partial charge in [0.1, 0.15) is 0 Å². The molecular formula is C19H25N3O. The molecule has 23 heavy (non-hydrogen) atoms. The summed E-state index contributed by atoms with van der Waals surface area (Å²) in [4.78, 5) is 13.9. The van der Waals surface area contributed by atoms with Crippen molar-refractivity contribution in [2.24, 2.45) is 0 Å². The van der Waals surface area contributed by atoms with Gasteiger partial charge in [0.2, 0.25) is 0 Å². The van der Waals surface area contributed by atoms with Crippen molar-refractivity contribution in [3.05, 3.63) is 59.7 Å². The Morgan fingerprint density at radius 2 is 1.65 bits per heavy atom. The molecule has 0 saturated heterocycles. The maximum Gasteiger partial charge on any atom is 0.319 e. The smallest absolute Gasteiger partial charge is 0.319 e. The van der Waals surface area contributed by atoms with Gasteiger partial charge >= 0.3 is 6.03 Å². The molecule has 4 heteroatoms. The number of amides is 2. The molecule has 2 rings (SSSR count). The lowest BCUT2D eigenvalue weighted by atomic mass is 10.1. The van der Waals surface area contributed by atoms with Crippen LogP contribution in [-0.4, -0.2) is 26.7 Å². The molecule has 0 radical (unpaired) electrons. The van der Waals surface area contributed by atoms with Crippen LogP contribution in [0.1, 0.15) is 17.5 Å². The van der Waals surface area contributed by atoms with E-state index in [0.717, 1.165) is 18.5 Å². The lowest BCUT2D eigenvalue weighted by Gasteiger charge is -2.12. The Morgan fingerprint density at radius 3 is 2.26 bits per heavy atom. The number of carbonyl (C=O) groups is 1. The number of hydrogen-bond donors (Lipinski definition) is 2. The second kappa shape index (κ2) is 8.22.